The third-order valence-electron chi connectivity index (χ3n) is 4.20. The van der Waals surface area contributed by atoms with Crippen molar-refractivity contribution >= 4 is 11.5 Å². The van der Waals surface area contributed by atoms with E-state index in [0.717, 1.165) is 26.2 Å². The first-order valence-corrected chi connectivity index (χ1v) is 7.60. The van der Waals surface area contributed by atoms with E-state index in [2.05, 4.69) is 11.9 Å². The Morgan fingerprint density at radius 1 is 1.05 bits per heavy atom. The second-order valence-corrected chi connectivity index (χ2v) is 5.81. The Balaban J connectivity index is 1.82. The molecular weight excluding hydrogens is 279 g/mol. The van der Waals surface area contributed by atoms with Crippen LogP contribution in [0.5, 0.6) is 0 Å². The van der Waals surface area contributed by atoms with Gasteiger partial charge in [-0.3, -0.25) is 4.79 Å². The van der Waals surface area contributed by atoms with Crippen molar-refractivity contribution < 1.29 is 14.1 Å². The molecule has 0 amide bonds. The molecule has 0 saturated carbocycles. The number of carbonyl (C=O) groups excluding carboxylic acids is 1. The molecule has 1 N–H and O–H groups in total. The topological polar surface area (TPSA) is 24.8 Å². The summed E-state index contributed by atoms with van der Waals surface area (Å²) in [6, 6.07) is 13.8. The first-order valence-electron chi connectivity index (χ1n) is 7.60. The number of likely N-dealkylation sites (N-methyl/N-ethyl adjacent to an activating group) is 1. The first kappa shape index (κ1) is 14.7. The Kier molecular flexibility index (Phi) is 4.20. The number of halogens is 1. The van der Waals surface area contributed by atoms with Crippen molar-refractivity contribution in [2.75, 3.05) is 38.1 Å². The van der Waals surface area contributed by atoms with Crippen LogP contribution >= 0.6 is 0 Å². The molecule has 0 aromatic heterocycles. The van der Waals surface area contributed by atoms with Crippen LogP contribution in [0.2, 0.25) is 0 Å². The van der Waals surface area contributed by atoms with E-state index in [-0.39, 0.29) is 11.6 Å². The summed E-state index contributed by atoms with van der Waals surface area (Å²) in [4.78, 5) is 15.9. The lowest BCUT2D eigenvalue weighted by molar-refractivity contribution is -0.880. The van der Waals surface area contributed by atoms with Gasteiger partial charge in [-0.05, 0) is 18.2 Å². The number of carbonyl (C=O) groups is 1. The molecule has 1 aliphatic heterocycles. The van der Waals surface area contributed by atoms with Crippen molar-refractivity contribution in [1.29, 1.82) is 0 Å². The maximum absolute atomic E-state index is 14.4. The molecule has 1 heterocycles. The fraction of sp³-hybridized carbons (Fsp3) is 0.278. The lowest BCUT2D eigenvalue weighted by Gasteiger charge is -2.32. The summed E-state index contributed by atoms with van der Waals surface area (Å²) in [6.45, 7) is 3.69. The maximum atomic E-state index is 14.4. The van der Waals surface area contributed by atoms with Crippen LogP contribution in [-0.4, -0.2) is 39.0 Å². The predicted octanol–water partition coefficient (Wildman–Crippen LogP) is 1.39. The summed E-state index contributed by atoms with van der Waals surface area (Å²) >= 11 is 0. The van der Waals surface area contributed by atoms with E-state index in [1.807, 2.05) is 18.2 Å². The Morgan fingerprint density at radius 3 is 2.36 bits per heavy atom. The van der Waals surface area contributed by atoms with Gasteiger partial charge in [0.25, 0.3) is 0 Å². The highest BCUT2D eigenvalue weighted by Crippen LogP contribution is 2.22. The summed E-state index contributed by atoms with van der Waals surface area (Å²) < 4.78 is 14.4. The third kappa shape index (κ3) is 3.02. The molecule has 22 heavy (non-hydrogen) atoms. The summed E-state index contributed by atoms with van der Waals surface area (Å²) in [5.41, 5.74) is 1.57. The fourth-order valence-corrected chi connectivity index (χ4v) is 2.79. The number of rotatable bonds is 3. The van der Waals surface area contributed by atoms with Crippen LogP contribution in [0.4, 0.5) is 10.1 Å². The van der Waals surface area contributed by atoms with Crippen LogP contribution in [0.1, 0.15) is 15.9 Å². The summed E-state index contributed by atoms with van der Waals surface area (Å²) in [5, 5.41) is 0. The van der Waals surface area contributed by atoms with Crippen molar-refractivity contribution in [3.63, 3.8) is 0 Å². The van der Waals surface area contributed by atoms with Gasteiger partial charge in [-0.1, -0.05) is 30.3 Å². The number of ketones is 1. The summed E-state index contributed by atoms with van der Waals surface area (Å²) in [6.07, 6.45) is 0. The monoisotopic (exact) mass is 299 g/mol. The van der Waals surface area contributed by atoms with Crippen LogP contribution in [0.25, 0.3) is 0 Å². The molecule has 0 aliphatic carbocycles. The van der Waals surface area contributed by atoms with Crippen LogP contribution in [-0.2, 0) is 0 Å². The van der Waals surface area contributed by atoms with Crippen LogP contribution < -0.4 is 9.80 Å². The highest BCUT2D eigenvalue weighted by atomic mass is 19.1. The lowest BCUT2D eigenvalue weighted by Crippen LogP contribution is -3.12. The highest BCUT2D eigenvalue weighted by molar-refractivity contribution is 6.09. The highest BCUT2D eigenvalue weighted by Gasteiger charge is 2.20. The number of hydrogen-bond acceptors (Lipinski definition) is 2. The first-order chi connectivity index (χ1) is 10.6. The smallest absolute Gasteiger partial charge is 0.193 e. The van der Waals surface area contributed by atoms with Crippen LogP contribution in [0.15, 0.2) is 48.5 Å². The van der Waals surface area contributed by atoms with Gasteiger partial charge in [0.2, 0.25) is 0 Å². The number of hydrogen-bond donors (Lipinski definition) is 1. The minimum absolute atomic E-state index is 0.145. The Bertz CT molecular complexity index is 664. The van der Waals surface area contributed by atoms with Crippen molar-refractivity contribution in [1.82, 2.24) is 0 Å². The average Bonchev–Trinajstić information content (AvgIpc) is 2.56. The zero-order valence-electron chi connectivity index (χ0n) is 12.7. The van der Waals surface area contributed by atoms with Crippen molar-refractivity contribution in [3.05, 3.63) is 65.5 Å². The molecule has 1 aliphatic rings. The number of nitrogens with zero attached hydrogens (tertiary/aromatic N) is 1. The maximum Gasteiger partial charge on any atom is 0.193 e. The third-order valence-corrected chi connectivity index (χ3v) is 4.20. The van der Waals surface area contributed by atoms with E-state index in [1.165, 1.54) is 11.0 Å². The molecule has 0 radical (unpaired) electrons. The molecule has 1 fully saturated rings. The van der Waals surface area contributed by atoms with E-state index in [1.54, 1.807) is 24.3 Å². The standard InChI is InChI=1S/C18H19FN2O/c1-20-9-11-21(12-10-20)17-8-7-15(13-16(17)19)18(22)14-5-3-2-4-6-14/h2-8,13H,9-12H2,1H3/p+1. The lowest BCUT2D eigenvalue weighted by atomic mass is 10.0. The van der Waals surface area contributed by atoms with E-state index in [0.29, 0.717) is 16.8 Å². The van der Waals surface area contributed by atoms with Crippen LogP contribution in [0.3, 0.4) is 0 Å². The molecule has 3 nitrogen and oxygen atoms in total. The normalized spacial score (nSPS) is 15.8. The molecule has 2 aromatic rings. The van der Waals surface area contributed by atoms with Gasteiger partial charge in [-0.25, -0.2) is 4.39 Å². The number of piperazine rings is 1. The number of nitrogens with one attached hydrogen (secondary N) is 1. The van der Waals surface area contributed by atoms with E-state index in [9.17, 15) is 9.18 Å². The summed E-state index contributed by atoms with van der Waals surface area (Å²) in [5.74, 6) is -0.463. The Labute approximate surface area is 130 Å². The van der Waals surface area contributed by atoms with Crippen molar-refractivity contribution in [3.8, 4) is 0 Å². The zero-order valence-corrected chi connectivity index (χ0v) is 12.7. The molecule has 2 aromatic carbocycles. The van der Waals surface area contributed by atoms with Gasteiger partial charge < -0.3 is 9.80 Å². The largest absolute Gasteiger partial charge is 0.358 e. The zero-order chi connectivity index (χ0) is 15.5. The van der Waals surface area contributed by atoms with Gasteiger partial charge in [-0.15, -0.1) is 0 Å². The minimum atomic E-state index is -0.318. The van der Waals surface area contributed by atoms with Crippen molar-refractivity contribution in [2.45, 2.75) is 0 Å². The molecule has 1 saturated heterocycles. The molecule has 0 unspecified atom stereocenters. The average molecular weight is 299 g/mol. The Morgan fingerprint density at radius 2 is 1.73 bits per heavy atom. The molecule has 0 bridgehead atoms. The number of anilines is 1. The molecule has 0 spiro atoms. The van der Waals surface area contributed by atoms with Gasteiger partial charge in [0, 0.05) is 11.1 Å². The fourth-order valence-electron chi connectivity index (χ4n) is 2.79. The van der Waals surface area contributed by atoms with Gasteiger partial charge in [0.1, 0.15) is 5.82 Å². The predicted molar refractivity (Wildman–Crippen MR) is 85.1 cm³/mol. The second-order valence-electron chi connectivity index (χ2n) is 5.81. The molecule has 114 valence electrons. The van der Waals surface area contributed by atoms with E-state index in [4.69, 9.17) is 0 Å². The SMILES string of the molecule is C[NH+]1CCN(c2ccc(C(=O)c3ccccc3)cc2F)CC1. The quantitative estimate of drug-likeness (QED) is 0.867. The molecule has 0 atom stereocenters. The van der Waals surface area contributed by atoms with E-state index < -0.39 is 0 Å². The van der Waals surface area contributed by atoms with Gasteiger partial charge in [0.05, 0.1) is 38.9 Å². The van der Waals surface area contributed by atoms with Crippen LogP contribution in [0, 0.1) is 5.82 Å². The van der Waals surface area contributed by atoms with Gasteiger partial charge >= 0.3 is 0 Å². The molecular formula is C18H20FN2O+. The minimum Gasteiger partial charge on any atom is -0.358 e. The second kappa shape index (κ2) is 6.28. The van der Waals surface area contributed by atoms with Crippen molar-refractivity contribution in [2.24, 2.45) is 0 Å². The molecule has 4 heteroatoms. The number of quaternary nitrogens is 1. The van der Waals surface area contributed by atoms with Gasteiger partial charge in [-0.2, -0.15) is 0 Å². The summed E-state index contributed by atoms with van der Waals surface area (Å²) in [7, 11) is 2.15. The molecule has 3 rings (SSSR count). The number of benzene rings is 2. The Hall–Kier alpha value is -2.20. The van der Waals surface area contributed by atoms with Gasteiger partial charge in [0.15, 0.2) is 5.78 Å². The van der Waals surface area contributed by atoms with E-state index >= 15 is 0 Å².